The Labute approximate surface area is 175 Å². The quantitative estimate of drug-likeness (QED) is 0.635. The van der Waals surface area contributed by atoms with E-state index in [2.05, 4.69) is 4.72 Å². The third-order valence-corrected chi connectivity index (χ3v) is 7.09. The number of anilines is 1. The van der Waals surface area contributed by atoms with Gasteiger partial charge in [0.2, 0.25) is 0 Å². The van der Waals surface area contributed by atoms with Gasteiger partial charge in [-0.2, -0.15) is 11.3 Å². The number of hydrogen-bond donors (Lipinski definition) is 1. The molecule has 4 rings (SSSR count). The highest BCUT2D eigenvalue weighted by atomic mass is 32.2. The number of likely N-dealkylation sites (tertiary alicyclic amines) is 1. The Morgan fingerprint density at radius 3 is 2.38 bits per heavy atom. The summed E-state index contributed by atoms with van der Waals surface area (Å²) in [6.07, 6.45) is 3.12. The minimum absolute atomic E-state index is 0.0854. The second-order valence-electron chi connectivity index (χ2n) is 7.08. The van der Waals surface area contributed by atoms with Gasteiger partial charge in [0, 0.05) is 24.3 Å². The number of nitrogens with zero attached hydrogens (tertiary/aromatic N) is 1. The lowest BCUT2D eigenvalue weighted by molar-refractivity contribution is 0.0724. The SMILES string of the molecule is O=C(c1cccc(S(=O)(=O)Nc2ccc(-c3ccsc3)cc2)c1)N1CCCCC1. The fourth-order valence-corrected chi connectivity index (χ4v) is 5.22. The smallest absolute Gasteiger partial charge is 0.261 e. The number of hydrogen-bond acceptors (Lipinski definition) is 4. The summed E-state index contributed by atoms with van der Waals surface area (Å²) in [5.41, 5.74) is 3.02. The molecule has 7 heteroatoms. The van der Waals surface area contributed by atoms with Gasteiger partial charge < -0.3 is 4.90 Å². The molecule has 1 saturated heterocycles. The predicted molar refractivity (Wildman–Crippen MR) is 117 cm³/mol. The van der Waals surface area contributed by atoms with E-state index in [1.165, 1.54) is 12.1 Å². The van der Waals surface area contributed by atoms with Crippen LogP contribution in [0.1, 0.15) is 29.6 Å². The molecule has 0 unspecified atom stereocenters. The first kappa shape index (κ1) is 19.7. The Morgan fingerprint density at radius 2 is 1.69 bits per heavy atom. The average Bonchev–Trinajstić information content (AvgIpc) is 3.29. The lowest BCUT2D eigenvalue weighted by Crippen LogP contribution is -2.35. The molecular formula is C22H22N2O3S2. The van der Waals surface area contributed by atoms with Gasteiger partial charge in [-0.3, -0.25) is 9.52 Å². The molecule has 1 aliphatic rings. The Morgan fingerprint density at radius 1 is 0.931 bits per heavy atom. The monoisotopic (exact) mass is 426 g/mol. The normalized spacial score (nSPS) is 14.6. The van der Waals surface area contributed by atoms with Gasteiger partial charge in [0.15, 0.2) is 0 Å². The van der Waals surface area contributed by atoms with Crippen molar-refractivity contribution in [3.05, 3.63) is 70.9 Å². The largest absolute Gasteiger partial charge is 0.339 e. The molecule has 3 aromatic rings. The molecule has 5 nitrogen and oxygen atoms in total. The van der Waals surface area contributed by atoms with Crippen molar-refractivity contribution < 1.29 is 13.2 Å². The van der Waals surface area contributed by atoms with Crippen LogP contribution in [0, 0.1) is 0 Å². The van der Waals surface area contributed by atoms with Crippen molar-refractivity contribution in [1.82, 2.24) is 4.90 Å². The predicted octanol–water partition coefficient (Wildman–Crippen LogP) is 4.84. The van der Waals surface area contributed by atoms with Crippen LogP contribution in [0.25, 0.3) is 11.1 Å². The molecule has 0 spiro atoms. The van der Waals surface area contributed by atoms with Crippen molar-refractivity contribution in [3.8, 4) is 11.1 Å². The molecule has 1 N–H and O–H groups in total. The lowest BCUT2D eigenvalue weighted by atomic mass is 10.1. The van der Waals surface area contributed by atoms with Crippen molar-refractivity contribution in [1.29, 1.82) is 0 Å². The van der Waals surface area contributed by atoms with Crippen LogP contribution in [0.2, 0.25) is 0 Å². The fourth-order valence-electron chi connectivity index (χ4n) is 3.45. The number of piperidine rings is 1. The second-order valence-corrected chi connectivity index (χ2v) is 9.54. The molecule has 29 heavy (non-hydrogen) atoms. The van der Waals surface area contributed by atoms with Crippen molar-refractivity contribution in [2.24, 2.45) is 0 Å². The molecule has 1 fully saturated rings. The number of nitrogens with one attached hydrogen (secondary N) is 1. The zero-order chi connectivity index (χ0) is 20.3. The summed E-state index contributed by atoms with van der Waals surface area (Å²) < 4.78 is 28.3. The van der Waals surface area contributed by atoms with Crippen LogP contribution in [0.3, 0.4) is 0 Å². The van der Waals surface area contributed by atoms with E-state index in [0.717, 1.165) is 43.5 Å². The van der Waals surface area contributed by atoms with Gasteiger partial charge in [-0.1, -0.05) is 18.2 Å². The molecule has 1 aromatic heterocycles. The van der Waals surface area contributed by atoms with E-state index in [9.17, 15) is 13.2 Å². The molecule has 1 amide bonds. The zero-order valence-corrected chi connectivity index (χ0v) is 17.5. The lowest BCUT2D eigenvalue weighted by Gasteiger charge is -2.26. The maximum Gasteiger partial charge on any atom is 0.261 e. The number of amides is 1. The summed E-state index contributed by atoms with van der Waals surface area (Å²) >= 11 is 1.62. The first-order valence-electron chi connectivity index (χ1n) is 9.58. The van der Waals surface area contributed by atoms with Gasteiger partial charge in [-0.05, 0) is 77.5 Å². The highest BCUT2D eigenvalue weighted by Crippen LogP contribution is 2.25. The number of rotatable bonds is 5. The van der Waals surface area contributed by atoms with Crippen LogP contribution in [0.5, 0.6) is 0 Å². The molecule has 0 saturated carbocycles. The molecular weight excluding hydrogens is 404 g/mol. The minimum atomic E-state index is -3.79. The van der Waals surface area contributed by atoms with Gasteiger partial charge in [0.1, 0.15) is 0 Å². The maximum absolute atomic E-state index is 12.8. The third kappa shape index (κ3) is 4.52. The van der Waals surface area contributed by atoms with Gasteiger partial charge >= 0.3 is 0 Å². The van der Waals surface area contributed by atoms with Crippen molar-refractivity contribution in [3.63, 3.8) is 0 Å². The summed E-state index contributed by atoms with van der Waals surface area (Å²) in [4.78, 5) is 14.6. The average molecular weight is 427 g/mol. The van der Waals surface area contributed by atoms with Gasteiger partial charge in [-0.25, -0.2) is 8.42 Å². The van der Waals surface area contributed by atoms with Crippen LogP contribution in [0.4, 0.5) is 5.69 Å². The summed E-state index contributed by atoms with van der Waals surface area (Å²) in [7, 11) is -3.79. The fraction of sp³-hybridized carbons (Fsp3) is 0.227. The van der Waals surface area contributed by atoms with E-state index in [-0.39, 0.29) is 10.8 Å². The molecule has 2 aromatic carbocycles. The maximum atomic E-state index is 12.8. The highest BCUT2D eigenvalue weighted by molar-refractivity contribution is 7.92. The van der Waals surface area contributed by atoms with Gasteiger partial charge in [0.05, 0.1) is 4.90 Å². The van der Waals surface area contributed by atoms with E-state index in [1.807, 2.05) is 29.0 Å². The van der Waals surface area contributed by atoms with Crippen LogP contribution in [-0.4, -0.2) is 32.3 Å². The molecule has 0 atom stereocenters. The Kier molecular flexibility index (Phi) is 5.69. The number of carbonyl (C=O) groups is 1. The van der Waals surface area contributed by atoms with E-state index in [4.69, 9.17) is 0 Å². The summed E-state index contributed by atoms with van der Waals surface area (Å²) in [6.45, 7) is 1.45. The van der Waals surface area contributed by atoms with Crippen LogP contribution in [-0.2, 0) is 10.0 Å². The molecule has 0 aliphatic carbocycles. The molecule has 2 heterocycles. The number of thiophene rings is 1. The van der Waals surface area contributed by atoms with Crippen LogP contribution >= 0.6 is 11.3 Å². The first-order chi connectivity index (χ1) is 14.0. The Hall–Kier alpha value is -2.64. The number of sulfonamides is 1. The Bertz CT molecular complexity index is 1090. The number of carbonyl (C=O) groups excluding carboxylic acids is 1. The van der Waals surface area contributed by atoms with Crippen molar-refractivity contribution in [2.45, 2.75) is 24.2 Å². The van der Waals surface area contributed by atoms with E-state index >= 15 is 0 Å². The standard InChI is InChI=1S/C22H22N2O3S2/c25-22(24-12-2-1-3-13-24)18-5-4-6-21(15-18)29(26,27)23-20-9-7-17(8-10-20)19-11-14-28-16-19/h4-11,14-16,23H,1-3,12-13H2. The topological polar surface area (TPSA) is 66.5 Å². The highest BCUT2D eigenvalue weighted by Gasteiger charge is 2.21. The third-order valence-electron chi connectivity index (χ3n) is 5.03. The van der Waals surface area contributed by atoms with E-state index in [1.54, 1.807) is 40.5 Å². The van der Waals surface area contributed by atoms with Gasteiger partial charge in [0.25, 0.3) is 15.9 Å². The van der Waals surface area contributed by atoms with E-state index in [0.29, 0.717) is 11.3 Å². The molecule has 0 bridgehead atoms. The zero-order valence-electron chi connectivity index (χ0n) is 15.9. The molecule has 150 valence electrons. The van der Waals surface area contributed by atoms with Crippen LogP contribution in [0.15, 0.2) is 70.3 Å². The summed E-state index contributed by atoms with van der Waals surface area (Å²) in [6, 6.07) is 15.5. The summed E-state index contributed by atoms with van der Waals surface area (Å²) in [5, 5.41) is 4.05. The van der Waals surface area contributed by atoms with Crippen molar-refractivity contribution >= 4 is 33.0 Å². The first-order valence-corrected chi connectivity index (χ1v) is 12.0. The number of benzene rings is 2. The van der Waals surface area contributed by atoms with E-state index < -0.39 is 10.0 Å². The minimum Gasteiger partial charge on any atom is -0.339 e. The van der Waals surface area contributed by atoms with Crippen molar-refractivity contribution in [2.75, 3.05) is 17.8 Å². The van der Waals surface area contributed by atoms with Gasteiger partial charge in [-0.15, -0.1) is 0 Å². The van der Waals surface area contributed by atoms with Crippen LogP contribution < -0.4 is 4.72 Å². The molecule has 1 aliphatic heterocycles. The summed E-state index contributed by atoms with van der Waals surface area (Å²) in [5.74, 6) is -0.109. The second kappa shape index (κ2) is 8.39. The Balaban J connectivity index is 1.52. The molecule has 0 radical (unpaired) electrons.